The molecule has 3 aromatic rings. The smallest absolute Gasteiger partial charge is 0.333 e. The maximum atomic E-state index is 14.1. The zero-order valence-corrected chi connectivity index (χ0v) is 21.3. The summed E-state index contributed by atoms with van der Waals surface area (Å²) >= 11 is 1.83. The minimum atomic E-state index is -0.614. The number of hydrogen-bond acceptors (Lipinski definition) is 7. The third-order valence-electron chi connectivity index (χ3n) is 7.32. The van der Waals surface area contributed by atoms with E-state index < -0.39 is 17.1 Å². The monoisotopic (exact) mass is 528 g/mol. The maximum absolute atomic E-state index is 14.1. The van der Waals surface area contributed by atoms with Crippen molar-refractivity contribution in [3.05, 3.63) is 62.7 Å². The predicted octanol–water partition coefficient (Wildman–Crippen LogP) is 3.39. The molecule has 5 rings (SSSR count). The molecule has 1 amide bonds. The van der Waals surface area contributed by atoms with Gasteiger partial charge in [0, 0.05) is 23.7 Å². The third kappa shape index (κ3) is 4.96. The number of benzene rings is 1. The van der Waals surface area contributed by atoms with Gasteiger partial charge in [0.15, 0.2) is 11.5 Å². The van der Waals surface area contributed by atoms with Crippen molar-refractivity contribution in [3.63, 3.8) is 0 Å². The van der Waals surface area contributed by atoms with Gasteiger partial charge in [0.1, 0.15) is 11.5 Å². The summed E-state index contributed by atoms with van der Waals surface area (Å²) in [6.45, 7) is 0. The Kier molecular flexibility index (Phi) is 7.23. The first-order valence-corrected chi connectivity index (χ1v) is 13.6. The SMILES string of the molecule is COc1ccc(C(=O)NC2CCC(n3c(=O)c4cc(F)cnc4n(C4CCSCC4)c3=O)CC2)cc1O. The first kappa shape index (κ1) is 25.3. The minimum absolute atomic E-state index is 0.0856. The van der Waals surface area contributed by atoms with Crippen LogP contribution in [0.3, 0.4) is 0 Å². The second kappa shape index (κ2) is 10.6. The van der Waals surface area contributed by atoms with E-state index in [4.69, 9.17) is 4.74 Å². The standard InChI is InChI=1S/C26H29FN4O5S/c1-36-22-7-2-15(12-21(22)32)24(33)29-17-3-5-18(6-4-17)31-25(34)20-13-16(27)14-28-23(20)30(26(31)35)19-8-10-37-11-9-19/h2,7,12-14,17-19,32H,3-6,8-11H2,1H3,(H,29,33). The highest BCUT2D eigenvalue weighted by Crippen LogP contribution is 2.31. The van der Waals surface area contributed by atoms with Gasteiger partial charge >= 0.3 is 5.69 Å². The molecule has 2 aromatic heterocycles. The van der Waals surface area contributed by atoms with Gasteiger partial charge in [0.2, 0.25) is 0 Å². The van der Waals surface area contributed by atoms with Gasteiger partial charge in [-0.15, -0.1) is 0 Å². The quantitative estimate of drug-likeness (QED) is 0.522. The largest absolute Gasteiger partial charge is 0.504 e. The molecule has 1 saturated carbocycles. The Hall–Kier alpha value is -3.34. The lowest BCUT2D eigenvalue weighted by molar-refractivity contribution is 0.0921. The van der Waals surface area contributed by atoms with E-state index in [2.05, 4.69) is 10.3 Å². The second-order valence-electron chi connectivity index (χ2n) is 9.56. The second-order valence-corrected chi connectivity index (χ2v) is 10.8. The number of hydrogen-bond donors (Lipinski definition) is 2. The molecule has 2 fully saturated rings. The first-order chi connectivity index (χ1) is 17.9. The van der Waals surface area contributed by atoms with Crippen LogP contribution in [-0.4, -0.2) is 49.8 Å². The highest BCUT2D eigenvalue weighted by molar-refractivity contribution is 7.99. The van der Waals surface area contributed by atoms with Crippen molar-refractivity contribution < 1.29 is 19.0 Å². The topological polar surface area (TPSA) is 115 Å². The van der Waals surface area contributed by atoms with Crippen molar-refractivity contribution in [3.8, 4) is 11.5 Å². The number of rotatable bonds is 5. The Labute approximate surface area is 216 Å². The molecule has 0 unspecified atom stereocenters. The molecule has 2 N–H and O–H groups in total. The van der Waals surface area contributed by atoms with Crippen LogP contribution in [-0.2, 0) is 0 Å². The molecule has 2 aliphatic rings. The summed E-state index contributed by atoms with van der Waals surface area (Å²) in [4.78, 5) is 44.0. The number of halogens is 1. The Bertz CT molecular complexity index is 1440. The summed E-state index contributed by atoms with van der Waals surface area (Å²) in [6.07, 6.45) is 4.81. The lowest BCUT2D eigenvalue weighted by atomic mass is 9.90. The Morgan fingerprint density at radius 2 is 1.78 bits per heavy atom. The number of aromatic hydroxyl groups is 1. The predicted molar refractivity (Wildman–Crippen MR) is 139 cm³/mol. The Morgan fingerprint density at radius 3 is 2.46 bits per heavy atom. The zero-order valence-electron chi connectivity index (χ0n) is 20.5. The molecule has 0 atom stereocenters. The van der Waals surface area contributed by atoms with Crippen LogP contribution in [0.1, 0.15) is 61.0 Å². The summed E-state index contributed by atoms with van der Waals surface area (Å²) in [5, 5.41) is 13.1. The lowest BCUT2D eigenvalue weighted by Crippen LogP contribution is -2.46. The van der Waals surface area contributed by atoms with E-state index in [-0.39, 0.29) is 46.6 Å². The van der Waals surface area contributed by atoms with Gasteiger partial charge in [-0.05, 0) is 74.3 Å². The molecule has 37 heavy (non-hydrogen) atoms. The molecule has 0 spiro atoms. The molecule has 1 aliphatic carbocycles. The highest BCUT2D eigenvalue weighted by atomic mass is 32.2. The fourth-order valence-electron chi connectivity index (χ4n) is 5.38. The van der Waals surface area contributed by atoms with Gasteiger partial charge in [-0.3, -0.25) is 18.7 Å². The van der Waals surface area contributed by atoms with E-state index in [0.29, 0.717) is 31.2 Å². The highest BCUT2D eigenvalue weighted by Gasteiger charge is 2.30. The number of ether oxygens (including phenoxy) is 1. The first-order valence-electron chi connectivity index (χ1n) is 12.4. The molecule has 11 heteroatoms. The van der Waals surface area contributed by atoms with Crippen LogP contribution in [0.15, 0.2) is 40.1 Å². The van der Waals surface area contributed by atoms with Crippen LogP contribution < -0.4 is 21.3 Å². The van der Waals surface area contributed by atoms with Crippen LogP contribution in [0.5, 0.6) is 11.5 Å². The molecular formula is C26H29FN4O5S. The van der Waals surface area contributed by atoms with Crippen LogP contribution in [0.2, 0.25) is 0 Å². The number of thioether (sulfide) groups is 1. The van der Waals surface area contributed by atoms with Crippen molar-refractivity contribution in [2.24, 2.45) is 0 Å². The van der Waals surface area contributed by atoms with Gasteiger partial charge in [-0.25, -0.2) is 14.2 Å². The van der Waals surface area contributed by atoms with Crippen molar-refractivity contribution in [2.75, 3.05) is 18.6 Å². The van der Waals surface area contributed by atoms with Gasteiger partial charge in [-0.1, -0.05) is 0 Å². The fourth-order valence-corrected chi connectivity index (χ4v) is 6.46. The molecule has 1 aromatic carbocycles. The Morgan fingerprint density at radius 1 is 1.08 bits per heavy atom. The van der Waals surface area contributed by atoms with Crippen LogP contribution >= 0.6 is 11.8 Å². The summed E-state index contributed by atoms with van der Waals surface area (Å²) in [5.74, 6) is 1.06. The lowest BCUT2D eigenvalue weighted by Gasteiger charge is -2.31. The van der Waals surface area contributed by atoms with Crippen LogP contribution in [0, 0.1) is 5.82 Å². The number of phenols is 1. The van der Waals surface area contributed by atoms with Crippen molar-refractivity contribution in [1.82, 2.24) is 19.4 Å². The average molecular weight is 529 g/mol. The average Bonchev–Trinajstić information content (AvgIpc) is 2.90. The minimum Gasteiger partial charge on any atom is -0.504 e. The van der Waals surface area contributed by atoms with Crippen molar-refractivity contribution in [1.29, 1.82) is 0 Å². The molecule has 1 saturated heterocycles. The number of nitrogens with one attached hydrogen (secondary N) is 1. The number of phenolic OH excluding ortho intramolecular Hbond substituents is 1. The van der Waals surface area contributed by atoms with Gasteiger partial charge in [-0.2, -0.15) is 11.8 Å². The number of aromatic nitrogens is 3. The fraction of sp³-hybridized carbons (Fsp3) is 0.462. The summed E-state index contributed by atoms with van der Waals surface area (Å²) < 4.78 is 22.0. The maximum Gasteiger partial charge on any atom is 0.333 e. The number of carbonyl (C=O) groups is 1. The number of fused-ring (bicyclic) bond motifs is 1. The van der Waals surface area contributed by atoms with E-state index in [1.165, 1.54) is 29.9 Å². The zero-order chi connectivity index (χ0) is 26.1. The van der Waals surface area contributed by atoms with Crippen molar-refractivity contribution >= 4 is 28.7 Å². The molecule has 9 nitrogen and oxygen atoms in total. The molecule has 1 aliphatic heterocycles. The summed E-state index contributed by atoms with van der Waals surface area (Å²) in [7, 11) is 1.43. The Balaban J connectivity index is 1.38. The van der Waals surface area contributed by atoms with E-state index in [1.807, 2.05) is 11.8 Å². The molecule has 3 heterocycles. The third-order valence-corrected chi connectivity index (χ3v) is 8.37. The number of methoxy groups -OCH3 is 1. The number of pyridine rings is 1. The van der Waals surface area contributed by atoms with E-state index in [0.717, 1.165) is 30.5 Å². The number of amides is 1. The number of carbonyl (C=O) groups excluding carboxylic acids is 1. The van der Waals surface area contributed by atoms with E-state index in [9.17, 15) is 23.9 Å². The summed E-state index contributed by atoms with van der Waals surface area (Å²) in [6, 6.07) is 5.06. The molecule has 196 valence electrons. The van der Waals surface area contributed by atoms with E-state index >= 15 is 0 Å². The van der Waals surface area contributed by atoms with E-state index in [1.54, 1.807) is 10.6 Å². The number of nitrogens with zero attached hydrogens (tertiary/aromatic N) is 3. The van der Waals surface area contributed by atoms with Gasteiger partial charge in [0.05, 0.1) is 18.7 Å². The van der Waals surface area contributed by atoms with Crippen LogP contribution in [0.4, 0.5) is 4.39 Å². The normalized spacial score (nSPS) is 20.6. The van der Waals surface area contributed by atoms with Crippen molar-refractivity contribution in [2.45, 2.75) is 56.7 Å². The molecular weight excluding hydrogens is 499 g/mol. The molecule has 0 bridgehead atoms. The van der Waals surface area contributed by atoms with Crippen LogP contribution in [0.25, 0.3) is 11.0 Å². The summed E-state index contributed by atoms with van der Waals surface area (Å²) in [5.41, 5.74) is -0.355. The molecule has 0 radical (unpaired) electrons. The van der Waals surface area contributed by atoms with Gasteiger partial charge in [0.25, 0.3) is 11.5 Å². The van der Waals surface area contributed by atoms with Gasteiger partial charge < -0.3 is 15.2 Å².